The highest BCUT2D eigenvalue weighted by molar-refractivity contribution is 9.10. The molecule has 2 unspecified atom stereocenters. The molecule has 1 fully saturated rings. The molecule has 2 N–H and O–H groups in total. The van der Waals surface area contributed by atoms with Crippen LogP contribution in [0.1, 0.15) is 6.42 Å². The monoisotopic (exact) mass is 287 g/mol. The third-order valence-corrected chi connectivity index (χ3v) is 4.25. The van der Waals surface area contributed by atoms with Gasteiger partial charge in [0, 0.05) is 27.3 Å². The first kappa shape index (κ1) is 11.5. The van der Waals surface area contributed by atoms with Crippen molar-refractivity contribution in [2.75, 3.05) is 13.2 Å². The lowest BCUT2D eigenvalue weighted by Gasteiger charge is -2.28. The Morgan fingerprint density at radius 2 is 2.33 bits per heavy atom. The van der Waals surface area contributed by atoms with Gasteiger partial charge in [-0.05, 0) is 24.6 Å². The molecule has 0 aliphatic carbocycles. The summed E-state index contributed by atoms with van der Waals surface area (Å²) >= 11 is 5.27. The molecule has 2 atom stereocenters. The summed E-state index contributed by atoms with van der Waals surface area (Å²) in [5, 5.41) is 0.382. The first-order valence-corrected chi connectivity index (χ1v) is 6.68. The molecule has 0 amide bonds. The van der Waals surface area contributed by atoms with Crippen molar-refractivity contribution >= 4 is 27.7 Å². The van der Waals surface area contributed by atoms with Crippen LogP contribution >= 0.6 is 27.7 Å². The smallest absolute Gasteiger partial charge is 0.0603 e. The molecule has 1 aromatic rings. The maximum absolute atomic E-state index is 6.05. The normalized spacial score (nSPS) is 26.5. The number of benzene rings is 1. The van der Waals surface area contributed by atoms with Gasteiger partial charge in [0.05, 0.1) is 6.61 Å². The number of hydrogen-bond acceptors (Lipinski definition) is 3. The second-order valence-electron chi connectivity index (χ2n) is 3.64. The fraction of sp³-hybridized carbons (Fsp3) is 0.455. The lowest BCUT2D eigenvalue weighted by molar-refractivity contribution is 0.0916. The number of nitrogens with two attached hydrogens (primary N) is 1. The molecule has 1 aromatic carbocycles. The Morgan fingerprint density at radius 1 is 1.47 bits per heavy atom. The molecule has 82 valence electrons. The summed E-state index contributed by atoms with van der Waals surface area (Å²) in [5.74, 6) is 0. The fourth-order valence-corrected chi connectivity index (χ4v) is 3.29. The lowest BCUT2D eigenvalue weighted by Crippen LogP contribution is -2.40. The second-order valence-corrected chi connectivity index (χ2v) is 5.87. The van der Waals surface area contributed by atoms with Crippen LogP contribution in [0.25, 0.3) is 0 Å². The first-order valence-electron chi connectivity index (χ1n) is 5.01. The van der Waals surface area contributed by atoms with Gasteiger partial charge in [0.2, 0.25) is 0 Å². The Hall–Kier alpha value is -0.0300. The average molecular weight is 288 g/mol. The van der Waals surface area contributed by atoms with Gasteiger partial charge in [-0.1, -0.05) is 22.0 Å². The zero-order valence-corrected chi connectivity index (χ0v) is 10.8. The van der Waals surface area contributed by atoms with E-state index in [2.05, 4.69) is 28.1 Å². The van der Waals surface area contributed by atoms with Gasteiger partial charge in [0.25, 0.3) is 0 Å². The Balaban J connectivity index is 2.01. The van der Waals surface area contributed by atoms with Gasteiger partial charge in [0.15, 0.2) is 0 Å². The van der Waals surface area contributed by atoms with Crippen molar-refractivity contribution in [2.45, 2.75) is 22.6 Å². The summed E-state index contributed by atoms with van der Waals surface area (Å²) in [7, 11) is 0. The van der Waals surface area contributed by atoms with Crippen LogP contribution in [0, 0.1) is 0 Å². The van der Waals surface area contributed by atoms with Gasteiger partial charge in [-0.15, -0.1) is 11.8 Å². The van der Waals surface area contributed by atoms with Crippen LogP contribution in [-0.4, -0.2) is 24.5 Å². The summed E-state index contributed by atoms with van der Waals surface area (Å²) in [6, 6.07) is 8.55. The minimum absolute atomic E-state index is 0.253. The lowest BCUT2D eigenvalue weighted by atomic mass is 10.1. The Bertz CT molecular complexity index is 334. The molecule has 0 radical (unpaired) electrons. The van der Waals surface area contributed by atoms with Crippen molar-refractivity contribution in [1.29, 1.82) is 0 Å². The zero-order chi connectivity index (χ0) is 10.7. The molecule has 0 saturated carbocycles. The molecular weight excluding hydrogens is 274 g/mol. The van der Waals surface area contributed by atoms with Gasteiger partial charge in [-0.25, -0.2) is 0 Å². The van der Waals surface area contributed by atoms with E-state index in [4.69, 9.17) is 10.5 Å². The van der Waals surface area contributed by atoms with Crippen molar-refractivity contribution < 1.29 is 4.74 Å². The van der Waals surface area contributed by atoms with E-state index in [9.17, 15) is 0 Å². The van der Waals surface area contributed by atoms with Crippen LogP contribution in [0.15, 0.2) is 33.6 Å². The number of halogens is 1. The summed E-state index contributed by atoms with van der Waals surface area (Å²) in [6.07, 6.45) is 0.964. The Morgan fingerprint density at radius 3 is 3.07 bits per heavy atom. The molecule has 0 bridgehead atoms. The summed E-state index contributed by atoms with van der Waals surface area (Å²) in [5.41, 5.74) is 6.05. The van der Waals surface area contributed by atoms with E-state index in [1.807, 2.05) is 12.1 Å². The van der Waals surface area contributed by atoms with E-state index in [0.717, 1.165) is 24.1 Å². The Labute approximate surface area is 103 Å². The number of rotatable bonds is 2. The predicted molar refractivity (Wildman–Crippen MR) is 67.2 cm³/mol. The molecule has 1 heterocycles. The van der Waals surface area contributed by atoms with Crippen LogP contribution in [0.5, 0.6) is 0 Å². The van der Waals surface area contributed by atoms with Crippen LogP contribution < -0.4 is 5.73 Å². The third kappa shape index (κ3) is 3.21. The van der Waals surface area contributed by atoms with Gasteiger partial charge >= 0.3 is 0 Å². The van der Waals surface area contributed by atoms with Gasteiger partial charge < -0.3 is 10.5 Å². The second kappa shape index (κ2) is 5.34. The molecule has 1 aliphatic heterocycles. The highest BCUT2D eigenvalue weighted by Crippen LogP contribution is 2.29. The van der Waals surface area contributed by atoms with Crippen LogP contribution in [0.2, 0.25) is 0 Å². The van der Waals surface area contributed by atoms with Crippen molar-refractivity contribution in [3.8, 4) is 0 Å². The van der Waals surface area contributed by atoms with E-state index in [0.29, 0.717) is 5.25 Å². The first-order chi connectivity index (χ1) is 7.25. The van der Waals surface area contributed by atoms with E-state index >= 15 is 0 Å². The van der Waals surface area contributed by atoms with Crippen molar-refractivity contribution in [3.05, 3.63) is 28.7 Å². The average Bonchev–Trinajstić information content (AvgIpc) is 2.22. The third-order valence-electron chi connectivity index (χ3n) is 2.44. The molecule has 4 heteroatoms. The van der Waals surface area contributed by atoms with Crippen LogP contribution in [0.4, 0.5) is 0 Å². The van der Waals surface area contributed by atoms with E-state index in [1.165, 1.54) is 4.90 Å². The molecule has 1 saturated heterocycles. The quantitative estimate of drug-likeness (QED) is 0.908. The van der Waals surface area contributed by atoms with E-state index in [1.54, 1.807) is 11.8 Å². The molecule has 0 aromatic heterocycles. The molecule has 2 rings (SSSR count). The van der Waals surface area contributed by atoms with Crippen molar-refractivity contribution in [3.63, 3.8) is 0 Å². The van der Waals surface area contributed by atoms with Gasteiger partial charge in [0.1, 0.15) is 0 Å². The van der Waals surface area contributed by atoms with E-state index in [-0.39, 0.29) is 6.04 Å². The summed E-state index contributed by atoms with van der Waals surface area (Å²) < 4.78 is 6.55. The number of thioether (sulfide) groups is 1. The van der Waals surface area contributed by atoms with Crippen LogP contribution in [0.3, 0.4) is 0 Å². The summed E-state index contributed by atoms with van der Waals surface area (Å²) in [4.78, 5) is 1.25. The van der Waals surface area contributed by atoms with E-state index < -0.39 is 0 Å². The summed E-state index contributed by atoms with van der Waals surface area (Å²) in [6.45, 7) is 1.56. The Kier molecular flexibility index (Phi) is 4.08. The largest absolute Gasteiger partial charge is 0.380 e. The van der Waals surface area contributed by atoms with Crippen molar-refractivity contribution in [1.82, 2.24) is 0 Å². The number of hydrogen-bond donors (Lipinski definition) is 1. The predicted octanol–water partition coefficient (Wildman–Crippen LogP) is 2.66. The SMILES string of the molecule is NC1CCOCC1Sc1cccc(Br)c1. The molecule has 0 spiro atoms. The van der Waals surface area contributed by atoms with Gasteiger partial charge in [-0.2, -0.15) is 0 Å². The zero-order valence-electron chi connectivity index (χ0n) is 8.36. The highest BCUT2D eigenvalue weighted by atomic mass is 79.9. The van der Waals surface area contributed by atoms with Crippen molar-refractivity contribution in [2.24, 2.45) is 5.73 Å². The van der Waals surface area contributed by atoms with Crippen LogP contribution in [-0.2, 0) is 4.74 Å². The topological polar surface area (TPSA) is 35.2 Å². The molecule has 15 heavy (non-hydrogen) atoms. The highest BCUT2D eigenvalue weighted by Gasteiger charge is 2.23. The molecule has 2 nitrogen and oxygen atoms in total. The standard InChI is InChI=1S/C11H14BrNOS/c12-8-2-1-3-9(6-8)15-11-7-14-5-4-10(11)13/h1-3,6,10-11H,4-5,7,13H2. The molecular formula is C11H14BrNOS. The minimum Gasteiger partial charge on any atom is -0.380 e. The minimum atomic E-state index is 0.253. The maximum atomic E-state index is 6.05. The molecule has 1 aliphatic rings. The maximum Gasteiger partial charge on any atom is 0.0603 e. The number of ether oxygens (including phenoxy) is 1. The van der Waals surface area contributed by atoms with Gasteiger partial charge in [-0.3, -0.25) is 0 Å². The fourth-order valence-electron chi connectivity index (χ4n) is 1.56.